The lowest BCUT2D eigenvalue weighted by Gasteiger charge is -2.26. The lowest BCUT2D eigenvalue weighted by Crippen LogP contribution is -2.38. The van der Waals surface area contributed by atoms with E-state index in [0.717, 1.165) is 56.0 Å². The van der Waals surface area contributed by atoms with Crippen LogP contribution in [0.3, 0.4) is 0 Å². The van der Waals surface area contributed by atoms with Gasteiger partial charge in [-0.1, -0.05) is 11.6 Å². The predicted octanol–water partition coefficient (Wildman–Crippen LogP) is 2.50. The maximum atomic E-state index is 9.03. The van der Waals surface area contributed by atoms with E-state index in [1.807, 2.05) is 18.2 Å². The monoisotopic (exact) mass is 316 g/mol. The zero-order chi connectivity index (χ0) is 15.4. The Morgan fingerprint density at radius 2 is 2.18 bits per heavy atom. The summed E-state index contributed by atoms with van der Waals surface area (Å²) in [6.07, 6.45) is 1.51. The molecule has 22 heavy (non-hydrogen) atoms. The molecule has 114 valence electrons. The van der Waals surface area contributed by atoms with Crippen LogP contribution < -0.4 is 5.32 Å². The lowest BCUT2D eigenvalue weighted by molar-refractivity contribution is 0.0398. The smallest absolute Gasteiger partial charge is 0.102 e. The summed E-state index contributed by atoms with van der Waals surface area (Å²) < 4.78 is 5.34. The standard InChI is InChI=1S/C16H17ClN4O/c17-16-12(10-18)11-20-15-2-1-13(9-14(15)16)19-3-4-21-5-7-22-8-6-21/h1-2,9,11,19H,3-8H2. The molecular formula is C16H17ClN4O. The minimum atomic E-state index is 0.402. The molecule has 0 aliphatic carbocycles. The van der Waals surface area contributed by atoms with Crippen LogP contribution in [0, 0.1) is 11.3 Å². The Labute approximate surface area is 134 Å². The van der Waals surface area contributed by atoms with Crippen LogP contribution in [-0.2, 0) is 4.74 Å². The van der Waals surface area contributed by atoms with Crippen LogP contribution in [0.1, 0.15) is 5.56 Å². The minimum Gasteiger partial charge on any atom is -0.384 e. The molecule has 0 spiro atoms. The van der Waals surface area contributed by atoms with Crippen LogP contribution in [0.15, 0.2) is 24.4 Å². The van der Waals surface area contributed by atoms with E-state index >= 15 is 0 Å². The van der Waals surface area contributed by atoms with Gasteiger partial charge in [-0.05, 0) is 18.2 Å². The van der Waals surface area contributed by atoms with E-state index < -0.39 is 0 Å². The highest BCUT2D eigenvalue weighted by Gasteiger charge is 2.10. The molecule has 1 saturated heterocycles. The molecular weight excluding hydrogens is 300 g/mol. The molecule has 6 heteroatoms. The highest BCUT2D eigenvalue weighted by molar-refractivity contribution is 6.36. The van der Waals surface area contributed by atoms with Crippen molar-refractivity contribution in [2.45, 2.75) is 0 Å². The number of hydrogen-bond donors (Lipinski definition) is 1. The summed E-state index contributed by atoms with van der Waals surface area (Å²) in [5.41, 5.74) is 2.18. The molecule has 2 heterocycles. The second-order valence-electron chi connectivity index (χ2n) is 5.21. The van der Waals surface area contributed by atoms with Gasteiger partial charge in [0, 0.05) is 43.4 Å². The number of hydrogen-bond acceptors (Lipinski definition) is 5. The molecule has 0 atom stereocenters. The summed E-state index contributed by atoms with van der Waals surface area (Å²) in [6, 6.07) is 7.91. The van der Waals surface area contributed by atoms with Crippen LogP contribution in [0.5, 0.6) is 0 Å². The number of fused-ring (bicyclic) bond motifs is 1. The number of aromatic nitrogens is 1. The molecule has 0 saturated carbocycles. The van der Waals surface area contributed by atoms with Gasteiger partial charge in [0.1, 0.15) is 6.07 Å². The molecule has 2 aromatic rings. The van der Waals surface area contributed by atoms with Crippen molar-refractivity contribution < 1.29 is 4.74 Å². The Morgan fingerprint density at radius 3 is 2.95 bits per heavy atom. The fourth-order valence-corrected chi connectivity index (χ4v) is 2.77. The topological polar surface area (TPSA) is 61.2 Å². The number of nitrogens with one attached hydrogen (secondary N) is 1. The average Bonchev–Trinajstić information content (AvgIpc) is 2.57. The van der Waals surface area contributed by atoms with Crippen LogP contribution in [0.2, 0.25) is 5.02 Å². The zero-order valence-electron chi connectivity index (χ0n) is 12.2. The van der Waals surface area contributed by atoms with Gasteiger partial charge < -0.3 is 10.1 Å². The second kappa shape index (κ2) is 6.93. The zero-order valence-corrected chi connectivity index (χ0v) is 12.9. The number of benzene rings is 1. The van der Waals surface area contributed by atoms with Gasteiger partial charge in [-0.2, -0.15) is 5.26 Å². The minimum absolute atomic E-state index is 0.402. The van der Waals surface area contributed by atoms with Gasteiger partial charge in [-0.25, -0.2) is 0 Å². The number of halogens is 1. The molecule has 0 unspecified atom stereocenters. The summed E-state index contributed by atoms with van der Waals surface area (Å²) in [5.74, 6) is 0. The van der Waals surface area contributed by atoms with E-state index in [4.69, 9.17) is 21.6 Å². The number of rotatable bonds is 4. The van der Waals surface area contributed by atoms with E-state index in [1.54, 1.807) is 0 Å². The molecule has 0 bridgehead atoms. The first-order chi connectivity index (χ1) is 10.8. The molecule has 0 radical (unpaired) electrons. The van der Waals surface area contributed by atoms with Crippen molar-refractivity contribution in [1.29, 1.82) is 5.26 Å². The third-order valence-electron chi connectivity index (χ3n) is 3.78. The Balaban J connectivity index is 1.69. The van der Waals surface area contributed by atoms with Crippen molar-refractivity contribution >= 4 is 28.2 Å². The fraction of sp³-hybridized carbons (Fsp3) is 0.375. The molecule has 0 amide bonds. The number of nitrogens with zero attached hydrogens (tertiary/aromatic N) is 3. The van der Waals surface area contributed by atoms with Crippen molar-refractivity contribution in [2.75, 3.05) is 44.7 Å². The second-order valence-corrected chi connectivity index (χ2v) is 5.59. The Kier molecular flexibility index (Phi) is 4.74. The third kappa shape index (κ3) is 3.30. The first-order valence-electron chi connectivity index (χ1n) is 7.30. The van der Waals surface area contributed by atoms with Crippen LogP contribution in [0.4, 0.5) is 5.69 Å². The normalized spacial score (nSPS) is 15.6. The quantitative estimate of drug-likeness (QED) is 0.939. The largest absolute Gasteiger partial charge is 0.384 e. The Bertz CT molecular complexity index is 707. The van der Waals surface area contributed by atoms with E-state index in [2.05, 4.69) is 21.3 Å². The lowest BCUT2D eigenvalue weighted by atomic mass is 10.1. The summed E-state index contributed by atoms with van der Waals surface area (Å²) in [4.78, 5) is 6.63. The van der Waals surface area contributed by atoms with Crippen LogP contribution in [-0.4, -0.2) is 49.3 Å². The Hall–Kier alpha value is -1.87. The van der Waals surface area contributed by atoms with Crippen molar-refractivity contribution in [3.63, 3.8) is 0 Å². The number of pyridine rings is 1. The molecule has 5 nitrogen and oxygen atoms in total. The van der Waals surface area contributed by atoms with Gasteiger partial charge in [-0.15, -0.1) is 0 Å². The van der Waals surface area contributed by atoms with E-state index in [9.17, 15) is 0 Å². The summed E-state index contributed by atoms with van der Waals surface area (Å²) in [6.45, 7) is 5.43. The highest BCUT2D eigenvalue weighted by Crippen LogP contribution is 2.27. The van der Waals surface area contributed by atoms with Crippen molar-refractivity contribution in [3.8, 4) is 6.07 Å². The third-order valence-corrected chi connectivity index (χ3v) is 4.19. The molecule has 1 aromatic heterocycles. The van der Waals surface area contributed by atoms with Crippen molar-refractivity contribution in [1.82, 2.24) is 9.88 Å². The summed E-state index contributed by atoms with van der Waals surface area (Å²) in [5, 5.41) is 13.7. The number of ether oxygens (including phenoxy) is 1. The average molecular weight is 317 g/mol. The van der Waals surface area contributed by atoms with Crippen molar-refractivity contribution in [2.24, 2.45) is 0 Å². The van der Waals surface area contributed by atoms with Crippen LogP contribution >= 0.6 is 11.6 Å². The van der Waals surface area contributed by atoms with Gasteiger partial charge in [0.15, 0.2) is 0 Å². The predicted molar refractivity (Wildman–Crippen MR) is 87.2 cm³/mol. The van der Waals surface area contributed by atoms with Gasteiger partial charge in [-0.3, -0.25) is 9.88 Å². The van der Waals surface area contributed by atoms with E-state index in [1.165, 1.54) is 6.20 Å². The summed E-state index contributed by atoms with van der Waals surface area (Å²) in [7, 11) is 0. The Morgan fingerprint density at radius 1 is 1.36 bits per heavy atom. The van der Waals surface area contributed by atoms with E-state index in [-0.39, 0.29) is 0 Å². The van der Waals surface area contributed by atoms with Gasteiger partial charge in [0.2, 0.25) is 0 Å². The molecule has 1 fully saturated rings. The number of nitriles is 1. The number of anilines is 1. The molecule has 1 aliphatic rings. The van der Waals surface area contributed by atoms with Crippen molar-refractivity contribution in [3.05, 3.63) is 35.0 Å². The number of morpholine rings is 1. The van der Waals surface area contributed by atoms with Gasteiger partial charge in [0.25, 0.3) is 0 Å². The van der Waals surface area contributed by atoms with Gasteiger partial charge in [0.05, 0.1) is 29.3 Å². The molecule has 1 aliphatic heterocycles. The fourth-order valence-electron chi connectivity index (χ4n) is 2.53. The first-order valence-corrected chi connectivity index (χ1v) is 7.68. The van der Waals surface area contributed by atoms with E-state index in [0.29, 0.717) is 10.6 Å². The summed E-state index contributed by atoms with van der Waals surface area (Å²) >= 11 is 6.26. The molecule has 1 N–H and O–H groups in total. The van der Waals surface area contributed by atoms with Gasteiger partial charge >= 0.3 is 0 Å². The highest BCUT2D eigenvalue weighted by atomic mass is 35.5. The maximum Gasteiger partial charge on any atom is 0.102 e. The SMILES string of the molecule is N#Cc1cnc2ccc(NCCN3CCOCC3)cc2c1Cl. The van der Waals surface area contributed by atoms with Crippen LogP contribution in [0.25, 0.3) is 10.9 Å². The molecule has 1 aromatic carbocycles. The first kappa shape index (κ1) is 15.0. The molecule has 3 rings (SSSR count). The maximum absolute atomic E-state index is 9.03.